The summed E-state index contributed by atoms with van der Waals surface area (Å²) >= 11 is 0. The van der Waals surface area contributed by atoms with E-state index in [2.05, 4.69) is 0 Å². The van der Waals surface area contributed by atoms with Crippen LogP contribution in [0, 0.1) is 5.41 Å². The molecule has 2 N–H and O–H groups in total. The quantitative estimate of drug-likeness (QED) is 0.240. The zero-order valence-electron chi connectivity index (χ0n) is 29.3. The first-order valence-electron chi connectivity index (χ1n) is 17.1. The van der Waals surface area contributed by atoms with Crippen LogP contribution < -0.4 is 0 Å². The normalized spacial score (nSPS) is 34.9. The molecule has 2 heterocycles. The predicted octanol–water partition coefficient (Wildman–Crippen LogP) is 4.02. The van der Waals surface area contributed by atoms with Crippen molar-refractivity contribution in [2.75, 3.05) is 27.9 Å². The van der Waals surface area contributed by atoms with Crippen LogP contribution >= 0.6 is 0 Å². The molecule has 0 spiro atoms. The van der Waals surface area contributed by atoms with Crippen LogP contribution in [0.5, 0.6) is 0 Å². The second-order valence-electron chi connectivity index (χ2n) is 13.7. The SMILES string of the molecule is CO[C@H]1O[C@H](COCc2ccccc2)[C@@H](O[C@@H]2O[C@H]3C(O)C(C)(C)[C@]3(O)[C@H](OC)[C@H]2OC)[C@H](OCc2ccccc2)[C@H]1OCc1ccccc1. The third-order valence-electron chi connectivity index (χ3n) is 10.4. The standard InChI is InChI=1S/C39H50O11/c1-38(2)33(40)35-39(38,41)34(43-4)32(42-3)37(50-35)49-29-28(24-45-21-25-15-9-6-10-16-25)48-36(44-5)31(47-23-27-19-13-8-14-20-27)30(29)46-22-26-17-11-7-12-18-26/h6-20,28-37,40-41H,21-24H2,1-5H3/t28-,29-,30+,31-,32-,33?,34-,35+,36+,37-,39+/m1/s1. The van der Waals surface area contributed by atoms with Gasteiger partial charge in [0.2, 0.25) is 0 Å². The molecule has 1 unspecified atom stereocenters. The second kappa shape index (κ2) is 16.3. The number of methoxy groups -OCH3 is 3. The van der Waals surface area contributed by atoms with Crippen molar-refractivity contribution >= 4 is 0 Å². The molecule has 2 saturated heterocycles. The summed E-state index contributed by atoms with van der Waals surface area (Å²) in [5.41, 5.74) is 0.469. The lowest BCUT2D eigenvalue weighted by molar-refractivity contribution is -0.438. The Bertz CT molecular complexity index is 1460. The van der Waals surface area contributed by atoms with E-state index < -0.39 is 72.4 Å². The van der Waals surface area contributed by atoms with E-state index >= 15 is 0 Å². The fourth-order valence-electron chi connectivity index (χ4n) is 7.39. The monoisotopic (exact) mass is 694 g/mol. The van der Waals surface area contributed by atoms with Crippen LogP contribution in [0.2, 0.25) is 0 Å². The lowest BCUT2D eigenvalue weighted by Gasteiger charge is -2.67. The summed E-state index contributed by atoms with van der Waals surface area (Å²) < 4.78 is 57.0. The molecule has 3 aliphatic rings. The third-order valence-corrected chi connectivity index (χ3v) is 10.4. The van der Waals surface area contributed by atoms with E-state index in [4.69, 9.17) is 42.6 Å². The van der Waals surface area contributed by atoms with E-state index in [1.807, 2.05) is 91.0 Å². The molecule has 3 aromatic carbocycles. The van der Waals surface area contributed by atoms with Gasteiger partial charge in [-0.1, -0.05) is 105 Å². The summed E-state index contributed by atoms with van der Waals surface area (Å²) in [7, 11) is 4.58. The summed E-state index contributed by atoms with van der Waals surface area (Å²) in [6, 6.07) is 29.5. The number of aliphatic hydroxyl groups is 2. The van der Waals surface area contributed by atoms with Crippen molar-refractivity contribution in [1.29, 1.82) is 0 Å². The van der Waals surface area contributed by atoms with Gasteiger partial charge in [-0.25, -0.2) is 0 Å². The van der Waals surface area contributed by atoms with Gasteiger partial charge in [-0.05, 0) is 16.7 Å². The van der Waals surface area contributed by atoms with E-state index in [1.54, 1.807) is 21.0 Å². The van der Waals surface area contributed by atoms with Crippen LogP contribution in [0.15, 0.2) is 91.0 Å². The van der Waals surface area contributed by atoms with Gasteiger partial charge in [-0.3, -0.25) is 0 Å². The number of hydrogen-bond acceptors (Lipinski definition) is 11. The van der Waals surface area contributed by atoms with Crippen molar-refractivity contribution in [1.82, 2.24) is 0 Å². The van der Waals surface area contributed by atoms with Gasteiger partial charge in [0.1, 0.15) is 48.3 Å². The average Bonchev–Trinajstić information content (AvgIpc) is 3.15. The molecule has 0 amide bonds. The first kappa shape index (κ1) is 37.0. The summed E-state index contributed by atoms with van der Waals surface area (Å²) in [6.07, 6.45) is -8.72. The Balaban J connectivity index is 1.33. The highest BCUT2D eigenvalue weighted by Gasteiger charge is 2.76. The topological polar surface area (TPSA) is 124 Å². The molecule has 3 aromatic rings. The van der Waals surface area contributed by atoms with Crippen LogP contribution in [0.1, 0.15) is 30.5 Å². The molecular weight excluding hydrogens is 644 g/mol. The molecule has 6 rings (SSSR count). The summed E-state index contributed by atoms with van der Waals surface area (Å²) in [5.74, 6) is 0. The van der Waals surface area contributed by atoms with Crippen molar-refractivity contribution in [2.45, 2.75) is 101 Å². The lowest BCUT2D eigenvalue weighted by Crippen LogP contribution is -2.85. The first-order chi connectivity index (χ1) is 24.2. The van der Waals surface area contributed by atoms with Crippen molar-refractivity contribution < 1.29 is 52.8 Å². The molecule has 11 heteroatoms. The number of benzene rings is 3. The molecule has 272 valence electrons. The van der Waals surface area contributed by atoms with Gasteiger partial charge in [0.05, 0.1) is 32.5 Å². The van der Waals surface area contributed by atoms with E-state index in [-0.39, 0.29) is 19.8 Å². The van der Waals surface area contributed by atoms with E-state index in [0.717, 1.165) is 16.7 Å². The van der Waals surface area contributed by atoms with Gasteiger partial charge in [-0.15, -0.1) is 0 Å². The molecule has 3 fully saturated rings. The Kier molecular flexibility index (Phi) is 12.0. The van der Waals surface area contributed by atoms with Crippen LogP contribution in [0.3, 0.4) is 0 Å². The summed E-state index contributed by atoms with van der Waals surface area (Å²) in [4.78, 5) is 0. The number of rotatable bonds is 15. The summed E-state index contributed by atoms with van der Waals surface area (Å²) in [5, 5.41) is 23.0. The Morgan fingerprint density at radius 2 is 1.16 bits per heavy atom. The van der Waals surface area contributed by atoms with Crippen LogP contribution in [-0.2, 0) is 62.5 Å². The fourth-order valence-corrected chi connectivity index (χ4v) is 7.39. The smallest absolute Gasteiger partial charge is 0.187 e. The Morgan fingerprint density at radius 1 is 0.620 bits per heavy atom. The maximum Gasteiger partial charge on any atom is 0.187 e. The zero-order chi connectivity index (χ0) is 35.3. The Hall–Kier alpha value is -2.78. The Morgan fingerprint density at radius 3 is 1.68 bits per heavy atom. The van der Waals surface area contributed by atoms with Crippen LogP contribution in [0.25, 0.3) is 0 Å². The van der Waals surface area contributed by atoms with Crippen molar-refractivity contribution in [3.63, 3.8) is 0 Å². The highest BCUT2D eigenvalue weighted by atomic mass is 16.8. The lowest BCUT2D eigenvalue weighted by atomic mass is 9.50. The largest absolute Gasteiger partial charge is 0.390 e. The fraction of sp³-hybridized carbons (Fsp3) is 0.538. The predicted molar refractivity (Wildman–Crippen MR) is 182 cm³/mol. The number of ether oxygens (including phenoxy) is 9. The van der Waals surface area contributed by atoms with E-state index in [1.165, 1.54) is 14.2 Å². The maximum absolute atomic E-state index is 11.9. The van der Waals surface area contributed by atoms with Crippen molar-refractivity contribution in [2.24, 2.45) is 5.41 Å². The highest BCUT2D eigenvalue weighted by molar-refractivity contribution is 5.24. The van der Waals surface area contributed by atoms with Gasteiger partial charge in [-0.2, -0.15) is 0 Å². The first-order valence-corrected chi connectivity index (χ1v) is 17.1. The maximum atomic E-state index is 11.9. The van der Waals surface area contributed by atoms with Gasteiger partial charge >= 0.3 is 0 Å². The van der Waals surface area contributed by atoms with Crippen molar-refractivity contribution in [3.05, 3.63) is 108 Å². The molecule has 1 saturated carbocycles. The van der Waals surface area contributed by atoms with Gasteiger partial charge in [0.25, 0.3) is 0 Å². The van der Waals surface area contributed by atoms with Crippen molar-refractivity contribution in [3.8, 4) is 0 Å². The molecular formula is C39H50O11. The molecule has 0 radical (unpaired) electrons. The molecule has 0 bridgehead atoms. The molecule has 11 atom stereocenters. The molecule has 0 aromatic heterocycles. The van der Waals surface area contributed by atoms with Gasteiger partial charge in [0, 0.05) is 26.7 Å². The minimum Gasteiger partial charge on any atom is -0.390 e. The van der Waals surface area contributed by atoms with Gasteiger partial charge < -0.3 is 52.8 Å². The third kappa shape index (κ3) is 7.28. The minimum atomic E-state index is -1.53. The number of fused-ring (bicyclic) bond motifs is 1. The highest BCUT2D eigenvalue weighted by Crippen LogP contribution is 2.57. The molecule has 1 aliphatic carbocycles. The van der Waals surface area contributed by atoms with E-state index in [9.17, 15) is 10.2 Å². The molecule has 50 heavy (non-hydrogen) atoms. The van der Waals surface area contributed by atoms with Gasteiger partial charge in [0.15, 0.2) is 12.6 Å². The van der Waals surface area contributed by atoms with Crippen LogP contribution in [-0.4, -0.2) is 105 Å². The Labute approximate surface area is 294 Å². The van der Waals surface area contributed by atoms with Crippen LogP contribution in [0.4, 0.5) is 0 Å². The average molecular weight is 695 g/mol. The summed E-state index contributed by atoms with van der Waals surface area (Å²) in [6.45, 7) is 4.54. The molecule has 2 aliphatic heterocycles. The zero-order valence-corrected chi connectivity index (χ0v) is 29.3. The second-order valence-corrected chi connectivity index (χ2v) is 13.7. The number of hydrogen-bond donors (Lipinski definition) is 2. The van der Waals surface area contributed by atoms with E-state index in [0.29, 0.717) is 6.61 Å². The molecule has 11 nitrogen and oxygen atoms in total. The number of aliphatic hydroxyl groups excluding tert-OH is 1. The minimum absolute atomic E-state index is 0.122.